The lowest BCUT2D eigenvalue weighted by Crippen LogP contribution is -2.53. The molecule has 2 aromatic carbocycles. The summed E-state index contributed by atoms with van der Waals surface area (Å²) >= 11 is 0. The van der Waals surface area contributed by atoms with Gasteiger partial charge in [0, 0.05) is 55.6 Å². The normalized spacial score (nSPS) is 19.8. The van der Waals surface area contributed by atoms with Crippen molar-refractivity contribution in [1.82, 2.24) is 16.0 Å². The van der Waals surface area contributed by atoms with Gasteiger partial charge in [-0.1, -0.05) is 49.6 Å². The SMILES string of the molecule is C[C@H](NC[C@@H](O)[C@H](Cc1ccccc1)NC(=O)c1cc(N2CCCC2)cc(N2CCCCC2=O)c1)C(=O)NC1CCCCC1. The van der Waals surface area contributed by atoms with Crippen LogP contribution in [-0.2, 0) is 16.0 Å². The molecule has 9 heteroatoms. The van der Waals surface area contributed by atoms with Crippen LogP contribution in [0.1, 0.15) is 87.1 Å². The molecule has 0 unspecified atom stereocenters. The molecule has 0 radical (unpaired) electrons. The lowest BCUT2D eigenvalue weighted by atomic mass is 9.95. The minimum Gasteiger partial charge on any atom is -0.390 e. The topological polar surface area (TPSA) is 114 Å². The molecule has 238 valence electrons. The Labute approximate surface area is 261 Å². The number of hydrogen-bond donors (Lipinski definition) is 4. The predicted molar refractivity (Wildman–Crippen MR) is 174 cm³/mol. The van der Waals surface area contributed by atoms with E-state index in [4.69, 9.17) is 0 Å². The minimum atomic E-state index is -0.936. The van der Waals surface area contributed by atoms with Crippen LogP contribution in [0.2, 0.25) is 0 Å². The van der Waals surface area contributed by atoms with Crippen LogP contribution in [0, 0.1) is 0 Å². The van der Waals surface area contributed by atoms with Gasteiger partial charge in [0.25, 0.3) is 5.91 Å². The molecule has 9 nitrogen and oxygen atoms in total. The number of aliphatic hydroxyl groups excluding tert-OH is 1. The number of hydrogen-bond acceptors (Lipinski definition) is 6. The zero-order valence-electron chi connectivity index (χ0n) is 26.1. The first-order valence-electron chi connectivity index (χ1n) is 16.6. The molecule has 2 heterocycles. The second-order valence-corrected chi connectivity index (χ2v) is 12.7. The summed E-state index contributed by atoms with van der Waals surface area (Å²) in [7, 11) is 0. The number of piperidine rings is 1. The van der Waals surface area contributed by atoms with Gasteiger partial charge in [-0.25, -0.2) is 0 Å². The van der Waals surface area contributed by atoms with Crippen molar-refractivity contribution < 1.29 is 19.5 Å². The van der Waals surface area contributed by atoms with E-state index in [0.29, 0.717) is 24.9 Å². The van der Waals surface area contributed by atoms with Gasteiger partial charge in [0.15, 0.2) is 0 Å². The highest BCUT2D eigenvalue weighted by atomic mass is 16.3. The third-order valence-electron chi connectivity index (χ3n) is 9.33. The first kappa shape index (κ1) is 32.0. The van der Waals surface area contributed by atoms with Crippen LogP contribution >= 0.6 is 0 Å². The van der Waals surface area contributed by atoms with E-state index in [2.05, 4.69) is 20.9 Å². The molecule has 2 saturated heterocycles. The maximum atomic E-state index is 13.9. The molecular weight excluding hydrogens is 554 g/mol. The Hall–Kier alpha value is -3.43. The van der Waals surface area contributed by atoms with Gasteiger partial charge in [-0.05, 0) is 75.6 Å². The average Bonchev–Trinajstić information content (AvgIpc) is 3.59. The van der Waals surface area contributed by atoms with Crippen molar-refractivity contribution >= 4 is 29.1 Å². The van der Waals surface area contributed by atoms with Crippen molar-refractivity contribution in [1.29, 1.82) is 0 Å². The molecule has 1 saturated carbocycles. The molecule has 3 aliphatic rings. The second kappa shape index (κ2) is 15.5. The largest absolute Gasteiger partial charge is 0.390 e. The van der Waals surface area contributed by atoms with Crippen LogP contribution in [0.5, 0.6) is 0 Å². The van der Waals surface area contributed by atoms with E-state index in [-0.39, 0.29) is 30.3 Å². The summed E-state index contributed by atoms with van der Waals surface area (Å²) in [5.74, 6) is -0.266. The summed E-state index contributed by atoms with van der Waals surface area (Å²) in [5, 5.41) is 20.8. The van der Waals surface area contributed by atoms with Crippen LogP contribution in [0.4, 0.5) is 11.4 Å². The van der Waals surface area contributed by atoms with Gasteiger partial charge in [0.1, 0.15) is 0 Å². The number of anilines is 2. The fourth-order valence-corrected chi connectivity index (χ4v) is 6.63. The Kier molecular flexibility index (Phi) is 11.3. The number of benzene rings is 2. The van der Waals surface area contributed by atoms with Gasteiger partial charge in [-0.3, -0.25) is 14.4 Å². The Morgan fingerprint density at radius 3 is 2.34 bits per heavy atom. The molecule has 4 N–H and O–H groups in total. The molecule has 3 atom stereocenters. The van der Waals surface area contributed by atoms with Crippen molar-refractivity contribution in [3.05, 3.63) is 59.7 Å². The highest BCUT2D eigenvalue weighted by molar-refractivity contribution is 6.00. The van der Waals surface area contributed by atoms with Crippen LogP contribution in [0.25, 0.3) is 0 Å². The first-order chi connectivity index (χ1) is 21.4. The first-order valence-corrected chi connectivity index (χ1v) is 16.6. The van der Waals surface area contributed by atoms with E-state index in [1.165, 1.54) is 6.42 Å². The molecule has 0 aromatic heterocycles. The van der Waals surface area contributed by atoms with E-state index in [1.807, 2.05) is 49.4 Å². The van der Waals surface area contributed by atoms with Crippen LogP contribution < -0.4 is 25.8 Å². The Morgan fingerprint density at radius 2 is 1.61 bits per heavy atom. The highest BCUT2D eigenvalue weighted by Gasteiger charge is 2.27. The Morgan fingerprint density at radius 1 is 0.909 bits per heavy atom. The number of nitrogens with zero attached hydrogens (tertiary/aromatic N) is 2. The van der Waals surface area contributed by atoms with Gasteiger partial charge in [0.05, 0.1) is 18.2 Å². The molecule has 5 rings (SSSR count). The van der Waals surface area contributed by atoms with Crippen LogP contribution in [-0.4, -0.2) is 73.2 Å². The van der Waals surface area contributed by atoms with Crippen molar-refractivity contribution in [2.75, 3.05) is 36.0 Å². The second-order valence-electron chi connectivity index (χ2n) is 12.7. The quantitative estimate of drug-likeness (QED) is 0.292. The standard InChI is InChI=1S/C35H49N5O4/c1-25(34(43)37-28-14-6-3-7-15-28)36-24-32(41)31(20-26-12-4-2-5-13-26)38-35(44)27-21-29(39-17-10-11-18-39)23-30(22-27)40-19-9-8-16-33(40)42/h2,4-5,12-13,21-23,25,28,31-32,36,41H,3,6-11,14-20,24H2,1H3,(H,37,43)(H,38,44)/t25-,31-,32+/m0/s1. The van der Waals surface area contributed by atoms with Crippen LogP contribution in [0.3, 0.4) is 0 Å². The van der Waals surface area contributed by atoms with E-state index < -0.39 is 18.2 Å². The molecule has 1 aliphatic carbocycles. The lowest BCUT2D eigenvalue weighted by molar-refractivity contribution is -0.123. The van der Waals surface area contributed by atoms with Crippen molar-refractivity contribution in [3.63, 3.8) is 0 Å². The predicted octanol–water partition coefficient (Wildman–Crippen LogP) is 3.93. The van der Waals surface area contributed by atoms with Crippen molar-refractivity contribution in [2.45, 2.75) is 102 Å². The van der Waals surface area contributed by atoms with Gasteiger partial charge in [-0.15, -0.1) is 0 Å². The number of amides is 3. The molecule has 3 fully saturated rings. The molecule has 0 spiro atoms. The van der Waals surface area contributed by atoms with Gasteiger partial charge < -0.3 is 30.9 Å². The average molecular weight is 604 g/mol. The van der Waals surface area contributed by atoms with Crippen LogP contribution in [0.15, 0.2) is 48.5 Å². The molecule has 3 amide bonds. The number of rotatable bonds is 12. The van der Waals surface area contributed by atoms with E-state index in [9.17, 15) is 19.5 Å². The summed E-state index contributed by atoms with van der Waals surface area (Å²) in [4.78, 5) is 43.6. The molecule has 44 heavy (non-hydrogen) atoms. The summed E-state index contributed by atoms with van der Waals surface area (Å²) in [6.45, 7) is 4.45. The Bertz CT molecular complexity index is 1260. The maximum absolute atomic E-state index is 13.9. The zero-order chi connectivity index (χ0) is 30.9. The fourth-order valence-electron chi connectivity index (χ4n) is 6.63. The molecule has 0 bridgehead atoms. The summed E-state index contributed by atoms with van der Waals surface area (Å²) in [6, 6.07) is 14.7. The van der Waals surface area contributed by atoms with Crippen molar-refractivity contribution in [3.8, 4) is 0 Å². The maximum Gasteiger partial charge on any atom is 0.251 e. The number of aliphatic hydroxyl groups is 1. The fraction of sp³-hybridized carbons (Fsp3) is 0.571. The lowest BCUT2D eigenvalue weighted by Gasteiger charge is -2.30. The molecule has 2 aliphatic heterocycles. The van der Waals surface area contributed by atoms with E-state index >= 15 is 0 Å². The smallest absolute Gasteiger partial charge is 0.251 e. The third-order valence-corrected chi connectivity index (χ3v) is 9.33. The number of nitrogens with one attached hydrogen (secondary N) is 3. The number of carbonyl (C=O) groups excluding carboxylic acids is 3. The van der Waals surface area contributed by atoms with E-state index in [1.54, 1.807) is 11.0 Å². The van der Waals surface area contributed by atoms with E-state index in [0.717, 1.165) is 81.4 Å². The minimum absolute atomic E-state index is 0.0636. The number of carbonyl (C=O) groups is 3. The zero-order valence-corrected chi connectivity index (χ0v) is 26.1. The highest BCUT2D eigenvalue weighted by Crippen LogP contribution is 2.30. The van der Waals surface area contributed by atoms with Gasteiger partial charge in [0.2, 0.25) is 11.8 Å². The molecule has 2 aromatic rings. The molecular formula is C35H49N5O4. The van der Waals surface area contributed by atoms with Gasteiger partial charge in [-0.2, -0.15) is 0 Å². The summed E-state index contributed by atoms with van der Waals surface area (Å²) in [6.07, 6.45) is 9.58. The summed E-state index contributed by atoms with van der Waals surface area (Å²) < 4.78 is 0. The summed E-state index contributed by atoms with van der Waals surface area (Å²) in [5.41, 5.74) is 3.17. The Balaban J connectivity index is 1.30. The monoisotopic (exact) mass is 603 g/mol. The third kappa shape index (κ3) is 8.60. The van der Waals surface area contributed by atoms with Crippen molar-refractivity contribution in [2.24, 2.45) is 0 Å². The van der Waals surface area contributed by atoms with Gasteiger partial charge >= 0.3 is 0 Å².